The molecule has 8 heteroatoms. The molecule has 2 aliphatic heterocycles. The van der Waals surface area contributed by atoms with Crippen LogP contribution in [0.2, 0.25) is 0 Å². The maximum atomic E-state index is 12.5. The lowest BCUT2D eigenvalue weighted by molar-refractivity contribution is -0.129. The molecule has 0 bridgehead atoms. The van der Waals surface area contributed by atoms with Gasteiger partial charge in [-0.3, -0.25) is 19.3 Å². The van der Waals surface area contributed by atoms with E-state index in [4.69, 9.17) is 4.74 Å². The van der Waals surface area contributed by atoms with Gasteiger partial charge >= 0.3 is 0 Å². The number of rotatable bonds is 8. The van der Waals surface area contributed by atoms with Gasteiger partial charge in [-0.1, -0.05) is 30.3 Å². The lowest BCUT2D eigenvalue weighted by Crippen LogP contribution is -2.58. The number of carbonyl (C=O) groups excluding carboxylic acids is 3. The van der Waals surface area contributed by atoms with Crippen LogP contribution in [0.4, 0.5) is 0 Å². The quantitative estimate of drug-likeness (QED) is 0.566. The third kappa shape index (κ3) is 5.70. The zero-order valence-corrected chi connectivity index (χ0v) is 18.8. The Morgan fingerprint density at radius 1 is 1.12 bits per heavy atom. The number of amides is 3. The molecule has 0 spiro atoms. The molecule has 3 N–H and O–H groups in total. The van der Waals surface area contributed by atoms with Gasteiger partial charge < -0.3 is 20.7 Å². The molecule has 0 aliphatic carbocycles. The Morgan fingerprint density at radius 3 is 2.61 bits per heavy atom. The second-order valence-corrected chi connectivity index (χ2v) is 8.55. The van der Waals surface area contributed by atoms with E-state index in [1.54, 1.807) is 19.2 Å². The Labute approximate surface area is 193 Å². The zero-order valence-electron chi connectivity index (χ0n) is 18.8. The van der Waals surface area contributed by atoms with Crippen molar-refractivity contribution in [2.75, 3.05) is 20.2 Å². The average molecular weight is 451 g/mol. The first-order valence-electron chi connectivity index (χ1n) is 11.3. The molecule has 2 fully saturated rings. The Balaban J connectivity index is 1.27. The van der Waals surface area contributed by atoms with E-state index in [-0.39, 0.29) is 35.8 Å². The third-order valence-electron chi connectivity index (χ3n) is 6.35. The number of methoxy groups -OCH3 is 1. The summed E-state index contributed by atoms with van der Waals surface area (Å²) in [6.45, 7) is 1.58. The van der Waals surface area contributed by atoms with Crippen molar-refractivity contribution in [3.63, 3.8) is 0 Å². The summed E-state index contributed by atoms with van der Waals surface area (Å²) in [7, 11) is 1.62. The van der Waals surface area contributed by atoms with Gasteiger partial charge in [-0.25, -0.2) is 0 Å². The summed E-state index contributed by atoms with van der Waals surface area (Å²) in [5, 5.41) is 8.97. The fourth-order valence-corrected chi connectivity index (χ4v) is 4.54. The maximum Gasteiger partial charge on any atom is 0.251 e. The summed E-state index contributed by atoms with van der Waals surface area (Å²) in [6.07, 6.45) is 1.59. The van der Waals surface area contributed by atoms with Crippen molar-refractivity contribution in [1.29, 1.82) is 0 Å². The van der Waals surface area contributed by atoms with Gasteiger partial charge in [-0.05, 0) is 42.7 Å². The van der Waals surface area contributed by atoms with Gasteiger partial charge in [0.2, 0.25) is 11.8 Å². The van der Waals surface area contributed by atoms with E-state index in [0.29, 0.717) is 44.5 Å². The van der Waals surface area contributed by atoms with Crippen molar-refractivity contribution in [2.24, 2.45) is 0 Å². The van der Waals surface area contributed by atoms with Gasteiger partial charge in [0, 0.05) is 43.7 Å². The summed E-state index contributed by atoms with van der Waals surface area (Å²) < 4.78 is 5.15. The van der Waals surface area contributed by atoms with E-state index in [2.05, 4.69) is 20.9 Å². The summed E-state index contributed by atoms with van der Waals surface area (Å²) in [6, 6.07) is 16.4. The van der Waals surface area contributed by atoms with Crippen molar-refractivity contribution in [2.45, 2.75) is 43.9 Å². The van der Waals surface area contributed by atoms with E-state index in [0.717, 1.165) is 11.3 Å². The molecule has 3 atom stereocenters. The summed E-state index contributed by atoms with van der Waals surface area (Å²) in [5.74, 6) is 0.622. The topological polar surface area (TPSA) is 99.8 Å². The van der Waals surface area contributed by atoms with Gasteiger partial charge in [0.15, 0.2) is 0 Å². The van der Waals surface area contributed by atoms with Crippen LogP contribution in [-0.4, -0.2) is 60.9 Å². The first-order chi connectivity index (χ1) is 16.0. The molecule has 2 aromatic rings. The van der Waals surface area contributed by atoms with Gasteiger partial charge in [0.1, 0.15) is 5.75 Å². The largest absolute Gasteiger partial charge is 0.497 e. The highest BCUT2D eigenvalue weighted by molar-refractivity contribution is 5.94. The first-order valence-corrected chi connectivity index (χ1v) is 11.3. The maximum absolute atomic E-state index is 12.5. The van der Waals surface area contributed by atoms with Crippen LogP contribution in [0.5, 0.6) is 5.75 Å². The fraction of sp³-hybridized carbons (Fsp3) is 0.400. The van der Waals surface area contributed by atoms with Crippen molar-refractivity contribution in [3.05, 3.63) is 65.7 Å². The van der Waals surface area contributed by atoms with Crippen LogP contribution in [0, 0.1) is 0 Å². The summed E-state index contributed by atoms with van der Waals surface area (Å²) in [5.41, 5.74) is 1.61. The second-order valence-electron chi connectivity index (χ2n) is 8.55. The van der Waals surface area contributed by atoms with Gasteiger partial charge in [0.05, 0.1) is 13.2 Å². The number of carbonyl (C=O) groups is 3. The standard InChI is InChI=1S/C25H30N4O4/c1-33-21-10-7-17(8-11-21)14-26-23(30)12-9-20-15-27-25(32)22-13-19(16-29(20)22)28-24(31)18-5-3-2-4-6-18/h2-8,10-11,19-20,22H,9,12-16H2,1H3,(H,26,30)(H,27,32)(H,28,31)/t19-,20+,22-/m0/s1. The molecule has 2 saturated heterocycles. The normalized spacial score (nSPS) is 22.2. The highest BCUT2D eigenvalue weighted by Crippen LogP contribution is 2.26. The van der Waals surface area contributed by atoms with Crippen LogP contribution in [0.1, 0.15) is 35.2 Å². The summed E-state index contributed by atoms with van der Waals surface area (Å²) in [4.78, 5) is 39.5. The minimum Gasteiger partial charge on any atom is -0.497 e. The minimum atomic E-state index is -0.271. The van der Waals surface area contributed by atoms with Crippen LogP contribution >= 0.6 is 0 Å². The van der Waals surface area contributed by atoms with Crippen molar-refractivity contribution in [1.82, 2.24) is 20.9 Å². The highest BCUT2D eigenvalue weighted by atomic mass is 16.5. The number of benzene rings is 2. The number of hydrogen-bond donors (Lipinski definition) is 3. The second kappa shape index (κ2) is 10.5. The lowest BCUT2D eigenvalue weighted by atomic mass is 10.0. The molecule has 0 saturated carbocycles. The smallest absolute Gasteiger partial charge is 0.251 e. The summed E-state index contributed by atoms with van der Waals surface area (Å²) >= 11 is 0. The Kier molecular flexibility index (Phi) is 7.24. The molecule has 0 aromatic heterocycles. The third-order valence-corrected chi connectivity index (χ3v) is 6.35. The van der Waals surface area contributed by atoms with E-state index in [9.17, 15) is 14.4 Å². The monoisotopic (exact) mass is 450 g/mol. The van der Waals surface area contributed by atoms with Crippen LogP contribution in [-0.2, 0) is 16.1 Å². The molecular weight excluding hydrogens is 420 g/mol. The lowest BCUT2D eigenvalue weighted by Gasteiger charge is -2.37. The molecule has 3 amide bonds. The number of nitrogens with zero attached hydrogens (tertiary/aromatic N) is 1. The van der Waals surface area contributed by atoms with Gasteiger partial charge in [0.25, 0.3) is 5.91 Å². The van der Waals surface area contributed by atoms with Crippen molar-refractivity contribution >= 4 is 17.7 Å². The van der Waals surface area contributed by atoms with E-state index in [1.165, 1.54) is 0 Å². The first kappa shape index (κ1) is 22.8. The highest BCUT2D eigenvalue weighted by Gasteiger charge is 2.43. The number of nitrogens with one attached hydrogen (secondary N) is 3. The molecule has 4 rings (SSSR count). The molecule has 2 aromatic carbocycles. The minimum absolute atomic E-state index is 0.00772. The fourth-order valence-electron chi connectivity index (χ4n) is 4.54. The number of ether oxygens (including phenoxy) is 1. The molecule has 2 heterocycles. The van der Waals surface area contributed by atoms with Crippen molar-refractivity contribution < 1.29 is 19.1 Å². The number of fused-ring (bicyclic) bond motifs is 1. The molecule has 33 heavy (non-hydrogen) atoms. The van der Waals surface area contributed by atoms with E-state index in [1.807, 2.05) is 42.5 Å². The molecule has 0 radical (unpaired) electrons. The molecular formula is C25H30N4O4. The Morgan fingerprint density at radius 2 is 1.88 bits per heavy atom. The van der Waals surface area contributed by atoms with E-state index < -0.39 is 0 Å². The van der Waals surface area contributed by atoms with Crippen molar-refractivity contribution in [3.8, 4) is 5.75 Å². The predicted molar refractivity (Wildman–Crippen MR) is 124 cm³/mol. The zero-order chi connectivity index (χ0) is 23.2. The van der Waals surface area contributed by atoms with Crippen LogP contribution in [0.15, 0.2) is 54.6 Å². The molecule has 2 aliphatic rings. The molecule has 0 unspecified atom stereocenters. The Bertz CT molecular complexity index is 980. The van der Waals surface area contributed by atoms with E-state index >= 15 is 0 Å². The molecule has 174 valence electrons. The van der Waals surface area contributed by atoms with Crippen LogP contribution in [0.3, 0.4) is 0 Å². The van der Waals surface area contributed by atoms with Gasteiger partial charge in [-0.2, -0.15) is 0 Å². The number of hydrogen-bond acceptors (Lipinski definition) is 5. The number of piperazine rings is 1. The van der Waals surface area contributed by atoms with Crippen LogP contribution in [0.25, 0.3) is 0 Å². The Hall–Kier alpha value is -3.39. The van der Waals surface area contributed by atoms with Gasteiger partial charge in [-0.15, -0.1) is 0 Å². The van der Waals surface area contributed by atoms with Crippen LogP contribution < -0.4 is 20.7 Å². The predicted octanol–water partition coefficient (Wildman–Crippen LogP) is 1.46. The SMILES string of the molecule is COc1ccc(CNC(=O)CC[C@@H]2CNC(=O)[C@@H]3C[C@H](NC(=O)c4ccccc4)CN23)cc1. The molecule has 8 nitrogen and oxygen atoms in total. The average Bonchev–Trinajstić information content (AvgIpc) is 3.28.